The first-order valence-electron chi connectivity index (χ1n) is 9.70. The van der Waals surface area contributed by atoms with Crippen molar-refractivity contribution in [1.82, 2.24) is 0 Å². The molecular formula is C25H30Si. The van der Waals surface area contributed by atoms with E-state index in [1.807, 2.05) is 12.2 Å². The summed E-state index contributed by atoms with van der Waals surface area (Å²) < 4.78 is 0. The van der Waals surface area contributed by atoms with E-state index in [4.69, 9.17) is 0 Å². The molecule has 0 radical (unpaired) electrons. The molecule has 0 amide bonds. The third kappa shape index (κ3) is 3.54. The molecule has 1 aliphatic carbocycles. The summed E-state index contributed by atoms with van der Waals surface area (Å²) in [4.78, 5) is 0. The van der Waals surface area contributed by atoms with Crippen molar-refractivity contribution in [1.29, 1.82) is 0 Å². The van der Waals surface area contributed by atoms with E-state index in [9.17, 15) is 0 Å². The maximum atomic E-state index is 4.02. The molecule has 0 bridgehead atoms. The zero-order chi connectivity index (χ0) is 18.6. The Morgan fingerprint density at radius 3 is 1.50 bits per heavy atom. The maximum absolute atomic E-state index is 4.02. The molecule has 2 aromatic rings. The van der Waals surface area contributed by atoms with Gasteiger partial charge in [0.25, 0.3) is 0 Å². The van der Waals surface area contributed by atoms with Gasteiger partial charge in [0.15, 0.2) is 0 Å². The Labute approximate surface area is 160 Å². The second-order valence-electron chi connectivity index (χ2n) is 7.70. The lowest BCUT2D eigenvalue weighted by Gasteiger charge is -2.41. The Balaban J connectivity index is 2.03. The van der Waals surface area contributed by atoms with Gasteiger partial charge >= 0.3 is 0 Å². The highest BCUT2D eigenvalue weighted by Gasteiger charge is 2.41. The van der Waals surface area contributed by atoms with E-state index in [1.165, 1.54) is 47.2 Å². The Bertz CT molecular complexity index is 707. The molecule has 0 unspecified atom stereocenters. The molecule has 1 fully saturated rings. The van der Waals surface area contributed by atoms with Gasteiger partial charge in [-0.05, 0) is 35.4 Å². The third-order valence-electron chi connectivity index (χ3n) is 6.41. The highest BCUT2D eigenvalue weighted by atomic mass is 28.3. The van der Waals surface area contributed by atoms with Gasteiger partial charge in [-0.3, -0.25) is 0 Å². The molecule has 1 aliphatic rings. The fourth-order valence-corrected chi connectivity index (χ4v) is 8.98. The minimum Gasteiger partial charge on any atom is -0.103 e. The van der Waals surface area contributed by atoms with Crippen LogP contribution in [0.25, 0.3) is 12.2 Å². The number of hydrogen-bond donors (Lipinski definition) is 0. The molecule has 0 aliphatic heterocycles. The predicted octanol–water partition coefficient (Wildman–Crippen LogP) is 5.91. The molecule has 1 heteroatoms. The zero-order valence-electron chi connectivity index (χ0n) is 16.0. The molecule has 0 N–H and O–H groups in total. The van der Waals surface area contributed by atoms with Crippen molar-refractivity contribution < 1.29 is 0 Å². The number of hydrogen-bond acceptors (Lipinski definition) is 0. The van der Waals surface area contributed by atoms with Crippen molar-refractivity contribution in [3.63, 3.8) is 0 Å². The molecule has 134 valence electrons. The summed E-state index contributed by atoms with van der Waals surface area (Å²) in [5.41, 5.74) is 3.17. The fourth-order valence-electron chi connectivity index (χ4n) is 4.50. The van der Waals surface area contributed by atoms with Crippen molar-refractivity contribution >= 4 is 30.6 Å². The normalized spacial score (nSPS) is 20.3. The van der Waals surface area contributed by atoms with E-state index in [2.05, 4.69) is 80.9 Å². The van der Waals surface area contributed by atoms with Gasteiger partial charge in [0.1, 0.15) is 8.07 Å². The monoisotopic (exact) mass is 358 g/mol. The van der Waals surface area contributed by atoms with Crippen LogP contribution in [-0.4, -0.2) is 8.07 Å². The van der Waals surface area contributed by atoms with Crippen molar-refractivity contribution in [2.45, 2.75) is 37.8 Å². The van der Waals surface area contributed by atoms with Gasteiger partial charge in [0.05, 0.1) is 0 Å². The minimum atomic E-state index is -1.82. The molecule has 0 atom stereocenters. The zero-order valence-corrected chi connectivity index (χ0v) is 17.0. The van der Waals surface area contributed by atoms with Crippen LogP contribution in [0.2, 0.25) is 12.1 Å². The van der Waals surface area contributed by atoms with Crippen LogP contribution in [0.3, 0.4) is 0 Å². The molecule has 3 rings (SSSR count). The number of allylic oxidation sites excluding steroid dienone is 1. The first-order valence-corrected chi connectivity index (χ1v) is 12.3. The summed E-state index contributed by atoms with van der Waals surface area (Å²) in [5, 5.41) is 3.08. The Hall–Kier alpha value is -2.12. The van der Waals surface area contributed by atoms with Crippen LogP contribution in [0, 0.1) is 5.92 Å². The van der Waals surface area contributed by atoms with Crippen molar-refractivity contribution in [3.05, 3.63) is 85.5 Å². The molecule has 0 aromatic heterocycles. The first kappa shape index (κ1) is 18.7. The van der Waals surface area contributed by atoms with Gasteiger partial charge in [-0.25, -0.2) is 0 Å². The Kier molecular flexibility index (Phi) is 5.78. The van der Waals surface area contributed by atoms with Gasteiger partial charge in [0, 0.05) is 0 Å². The standard InChI is InChI=1S/C25H30Si/c1-5-20-8-14-23(15-9-20)26(4,24-16-10-21(6-2)11-17-24)25-18-12-22(7-3)13-19-25/h5-11,14-17,22,25H,1-3,12-13,18-19H2,4H3. The number of benzene rings is 2. The summed E-state index contributed by atoms with van der Waals surface area (Å²) in [6.07, 6.45) is 11.2. The van der Waals surface area contributed by atoms with E-state index in [0.29, 0.717) is 5.92 Å². The topological polar surface area (TPSA) is 0 Å². The van der Waals surface area contributed by atoms with Gasteiger partial charge in [-0.15, -0.1) is 6.58 Å². The summed E-state index contributed by atoms with van der Waals surface area (Å²) in [7, 11) is -1.82. The minimum absolute atomic E-state index is 0.704. The quantitative estimate of drug-likeness (QED) is 0.445. The smallest absolute Gasteiger partial charge is 0.103 e. The summed E-state index contributed by atoms with van der Waals surface area (Å²) in [6.45, 7) is 14.4. The number of rotatable bonds is 6. The second kappa shape index (κ2) is 8.05. The third-order valence-corrected chi connectivity index (χ3v) is 11.7. The van der Waals surface area contributed by atoms with E-state index in [-0.39, 0.29) is 0 Å². The fraction of sp³-hybridized carbons (Fsp3) is 0.280. The van der Waals surface area contributed by atoms with Crippen LogP contribution < -0.4 is 10.4 Å². The lowest BCUT2D eigenvalue weighted by Crippen LogP contribution is -2.59. The molecule has 26 heavy (non-hydrogen) atoms. The van der Waals surface area contributed by atoms with E-state index in [0.717, 1.165) is 5.54 Å². The van der Waals surface area contributed by atoms with Gasteiger partial charge in [-0.1, -0.05) is 110 Å². The highest BCUT2D eigenvalue weighted by Crippen LogP contribution is 2.39. The lowest BCUT2D eigenvalue weighted by atomic mass is 9.89. The van der Waals surface area contributed by atoms with E-state index < -0.39 is 8.07 Å². The molecule has 0 heterocycles. The molecule has 0 saturated heterocycles. The van der Waals surface area contributed by atoms with Crippen LogP contribution >= 0.6 is 0 Å². The van der Waals surface area contributed by atoms with Crippen LogP contribution in [0.1, 0.15) is 36.8 Å². The first-order chi connectivity index (χ1) is 12.6. The SMILES string of the molecule is C=Cc1ccc([Si](C)(c2ccc(C=C)cc2)C2CCC(C=C)CC2)cc1. The molecule has 0 spiro atoms. The summed E-state index contributed by atoms with van der Waals surface area (Å²) >= 11 is 0. The molecular weight excluding hydrogens is 328 g/mol. The van der Waals surface area contributed by atoms with Gasteiger partial charge < -0.3 is 0 Å². The van der Waals surface area contributed by atoms with Crippen LogP contribution in [0.5, 0.6) is 0 Å². The van der Waals surface area contributed by atoms with Crippen LogP contribution in [0.4, 0.5) is 0 Å². The highest BCUT2D eigenvalue weighted by molar-refractivity contribution is 7.02. The average molecular weight is 359 g/mol. The Morgan fingerprint density at radius 2 is 1.15 bits per heavy atom. The maximum Gasteiger partial charge on any atom is 0.118 e. The van der Waals surface area contributed by atoms with Crippen molar-refractivity contribution in [2.75, 3.05) is 0 Å². The lowest BCUT2D eigenvalue weighted by molar-refractivity contribution is 0.414. The van der Waals surface area contributed by atoms with Gasteiger partial charge in [-0.2, -0.15) is 0 Å². The predicted molar refractivity (Wildman–Crippen MR) is 120 cm³/mol. The average Bonchev–Trinajstić information content (AvgIpc) is 2.73. The molecule has 2 aromatic carbocycles. The van der Waals surface area contributed by atoms with Crippen molar-refractivity contribution in [3.8, 4) is 0 Å². The van der Waals surface area contributed by atoms with Crippen molar-refractivity contribution in [2.24, 2.45) is 5.92 Å². The van der Waals surface area contributed by atoms with E-state index in [1.54, 1.807) is 0 Å². The summed E-state index contributed by atoms with van der Waals surface area (Å²) in [6, 6.07) is 18.3. The summed E-state index contributed by atoms with van der Waals surface area (Å²) in [5.74, 6) is 0.704. The Morgan fingerprint density at radius 1 is 0.731 bits per heavy atom. The molecule has 0 nitrogen and oxygen atoms in total. The largest absolute Gasteiger partial charge is 0.118 e. The van der Waals surface area contributed by atoms with E-state index >= 15 is 0 Å². The second-order valence-corrected chi connectivity index (χ2v) is 12.1. The van der Waals surface area contributed by atoms with Crippen LogP contribution in [-0.2, 0) is 0 Å². The molecule has 1 saturated carbocycles. The van der Waals surface area contributed by atoms with Crippen LogP contribution in [0.15, 0.2) is 74.3 Å². The van der Waals surface area contributed by atoms with Gasteiger partial charge in [0.2, 0.25) is 0 Å².